The molecule has 1 aromatic carbocycles. The van der Waals surface area contributed by atoms with Gasteiger partial charge in [-0.05, 0) is 33.6 Å². The van der Waals surface area contributed by atoms with E-state index in [1.165, 1.54) is 11.3 Å². The summed E-state index contributed by atoms with van der Waals surface area (Å²) in [6, 6.07) is 6.09. The van der Waals surface area contributed by atoms with Crippen LogP contribution in [-0.2, 0) is 0 Å². The van der Waals surface area contributed by atoms with E-state index in [0.29, 0.717) is 5.37 Å². The molecule has 1 atom stereocenters. The van der Waals surface area contributed by atoms with Crippen LogP contribution in [0.4, 0.5) is 0 Å². The molecule has 0 amide bonds. The Bertz CT molecular complexity index is 312. The molecule has 1 aliphatic rings. The number of hydrogen-bond donors (Lipinski definition) is 1. The van der Waals surface area contributed by atoms with Gasteiger partial charge in [-0.1, -0.05) is 17.7 Å². The van der Waals surface area contributed by atoms with Crippen molar-refractivity contribution in [1.29, 1.82) is 0 Å². The lowest BCUT2D eigenvalue weighted by Gasteiger charge is -2.10. The smallest absolute Gasteiger partial charge is 0.0790 e. The van der Waals surface area contributed by atoms with Gasteiger partial charge < -0.3 is 5.32 Å². The van der Waals surface area contributed by atoms with Crippen molar-refractivity contribution in [1.82, 2.24) is 5.32 Å². The first kappa shape index (κ1) is 9.84. The first-order valence-corrected chi connectivity index (χ1v) is 6.29. The normalized spacial score (nSPS) is 22.2. The summed E-state index contributed by atoms with van der Waals surface area (Å²) >= 11 is 11.3. The molecule has 1 aromatic rings. The summed E-state index contributed by atoms with van der Waals surface area (Å²) in [5.41, 5.74) is 1.29. The maximum absolute atomic E-state index is 5.91. The van der Waals surface area contributed by atoms with Gasteiger partial charge in [0.25, 0.3) is 0 Å². The molecule has 13 heavy (non-hydrogen) atoms. The topological polar surface area (TPSA) is 12.0 Å². The molecule has 0 aromatic heterocycles. The van der Waals surface area contributed by atoms with Crippen LogP contribution in [0.1, 0.15) is 10.9 Å². The third-order valence-corrected chi connectivity index (χ3v) is 4.39. The second-order valence-electron chi connectivity index (χ2n) is 2.88. The average molecular weight is 279 g/mol. The van der Waals surface area contributed by atoms with Crippen molar-refractivity contribution >= 4 is 39.3 Å². The van der Waals surface area contributed by atoms with Gasteiger partial charge in [-0.15, -0.1) is 11.8 Å². The minimum atomic E-state index is 0.438. The van der Waals surface area contributed by atoms with Crippen LogP contribution < -0.4 is 5.32 Å². The molecule has 0 bridgehead atoms. The summed E-state index contributed by atoms with van der Waals surface area (Å²) in [5.74, 6) is 1.19. The van der Waals surface area contributed by atoms with Crippen LogP contribution in [-0.4, -0.2) is 12.3 Å². The standard InChI is InChI=1S/C9H9BrClNS/c10-7-5-6(1-2-8(7)11)9-12-3-4-13-9/h1-2,5,9,12H,3-4H2. The second-order valence-corrected chi connectivity index (χ2v) is 5.35. The Kier molecular flexibility index (Phi) is 3.19. The van der Waals surface area contributed by atoms with Crippen LogP contribution >= 0.6 is 39.3 Å². The SMILES string of the molecule is Clc1ccc(C2NCCS2)cc1Br. The highest BCUT2D eigenvalue weighted by atomic mass is 79.9. The minimum Gasteiger partial charge on any atom is -0.301 e. The molecule has 2 rings (SSSR count). The molecule has 1 saturated heterocycles. The summed E-state index contributed by atoms with van der Waals surface area (Å²) < 4.78 is 0.973. The predicted octanol–water partition coefficient (Wildman–Crippen LogP) is 3.44. The Morgan fingerprint density at radius 3 is 3.00 bits per heavy atom. The van der Waals surface area contributed by atoms with E-state index in [2.05, 4.69) is 33.4 Å². The van der Waals surface area contributed by atoms with E-state index in [0.717, 1.165) is 16.0 Å². The largest absolute Gasteiger partial charge is 0.301 e. The van der Waals surface area contributed by atoms with Gasteiger partial charge in [0.2, 0.25) is 0 Å². The summed E-state index contributed by atoms with van der Waals surface area (Å²) in [7, 11) is 0. The van der Waals surface area contributed by atoms with Crippen molar-refractivity contribution in [2.75, 3.05) is 12.3 Å². The van der Waals surface area contributed by atoms with Gasteiger partial charge in [0.15, 0.2) is 0 Å². The van der Waals surface area contributed by atoms with E-state index < -0.39 is 0 Å². The van der Waals surface area contributed by atoms with Crippen molar-refractivity contribution < 1.29 is 0 Å². The zero-order chi connectivity index (χ0) is 9.26. The van der Waals surface area contributed by atoms with E-state index in [1.54, 1.807) is 0 Å². The van der Waals surface area contributed by atoms with Crippen molar-refractivity contribution in [3.63, 3.8) is 0 Å². The number of benzene rings is 1. The molecule has 1 fully saturated rings. The fourth-order valence-corrected chi connectivity index (χ4v) is 2.88. The molecule has 1 unspecified atom stereocenters. The van der Waals surface area contributed by atoms with Crippen LogP contribution in [0.2, 0.25) is 5.02 Å². The third kappa shape index (κ3) is 2.21. The van der Waals surface area contributed by atoms with E-state index in [4.69, 9.17) is 11.6 Å². The van der Waals surface area contributed by atoms with Crippen molar-refractivity contribution in [2.24, 2.45) is 0 Å². The molecule has 0 saturated carbocycles. The Balaban J connectivity index is 2.25. The fourth-order valence-electron chi connectivity index (χ4n) is 1.32. The third-order valence-electron chi connectivity index (χ3n) is 1.96. The molecule has 1 aliphatic heterocycles. The van der Waals surface area contributed by atoms with E-state index in [9.17, 15) is 0 Å². The highest BCUT2D eigenvalue weighted by Crippen LogP contribution is 2.33. The zero-order valence-corrected chi connectivity index (χ0v) is 10.0. The van der Waals surface area contributed by atoms with Crippen molar-refractivity contribution in [3.8, 4) is 0 Å². The van der Waals surface area contributed by atoms with Crippen LogP contribution in [0, 0.1) is 0 Å². The van der Waals surface area contributed by atoms with E-state index in [-0.39, 0.29) is 0 Å². The van der Waals surface area contributed by atoms with Gasteiger partial charge in [-0.3, -0.25) is 0 Å². The maximum Gasteiger partial charge on any atom is 0.0790 e. The highest BCUT2D eigenvalue weighted by molar-refractivity contribution is 9.10. The molecular weight excluding hydrogens is 270 g/mol. The highest BCUT2D eigenvalue weighted by Gasteiger charge is 2.16. The van der Waals surface area contributed by atoms with Crippen LogP contribution in [0.15, 0.2) is 22.7 Å². The predicted molar refractivity (Wildman–Crippen MR) is 62.4 cm³/mol. The summed E-state index contributed by atoms with van der Waals surface area (Å²) in [4.78, 5) is 0. The van der Waals surface area contributed by atoms with Crippen LogP contribution in [0.5, 0.6) is 0 Å². The molecule has 1 N–H and O–H groups in total. The first-order valence-electron chi connectivity index (χ1n) is 4.07. The molecule has 1 nitrogen and oxygen atoms in total. The van der Waals surface area contributed by atoms with Crippen LogP contribution in [0.25, 0.3) is 0 Å². The van der Waals surface area contributed by atoms with Gasteiger partial charge in [-0.2, -0.15) is 0 Å². The van der Waals surface area contributed by atoms with Gasteiger partial charge in [0, 0.05) is 16.8 Å². The van der Waals surface area contributed by atoms with Gasteiger partial charge in [0.1, 0.15) is 0 Å². The van der Waals surface area contributed by atoms with Gasteiger partial charge >= 0.3 is 0 Å². The van der Waals surface area contributed by atoms with Crippen molar-refractivity contribution in [2.45, 2.75) is 5.37 Å². The molecule has 4 heteroatoms. The number of halogens is 2. The molecule has 1 heterocycles. The summed E-state index contributed by atoms with van der Waals surface area (Å²) in [6.45, 7) is 1.09. The molecular formula is C9H9BrClNS. The van der Waals surface area contributed by atoms with E-state index in [1.807, 2.05) is 17.8 Å². The maximum atomic E-state index is 5.91. The molecule has 0 spiro atoms. The number of rotatable bonds is 1. The van der Waals surface area contributed by atoms with Gasteiger partial charge in [0.05, 0.1) is 10.4 Å². The monoisotopic (exact) mass is 277 g/mol. The Labute approximate surface area is 95.4 Å². The van der Waals surface area contributed by atoms with Crippen LogP contribution in [0.3, 0.4) is 0 Å². The number of hydrogen-bond acceptors (Lipinski definition) is 2. The van der Waals surface area contributed by atoms with Crippen molar-refractivity contribution in [3.05, 3.63) is 33.3 Å². The second kappa shape index (κ2) is 4.22. The molecule has 0 radical (unpaired) electrons. The summed E-state index contributed by atoms with van der Waals surface area (Å²) in [5, 5.41) is 4.63. The lowest BCUT2D eigenvalue weighted by molar-refractivity contribution is 0.751. The Morgan fingerprint density at radius 1 is 1.54 bits per heavy atom. The number of nitrogens with one attached hydrogen (secondary N) is 1. The first-order chi connectivity index (χ1) is 6.27. The minimum absolute atomic E-state index is 0.438. The average Bonchev–Trinajstić information content (AvgIpc) is 2.62. The summed E-state index contributed by atoms with van der Waals surface area (Å²) in [6.07, 6.45) is 0. The zero-order valence-electron chi connectivity index (χ0n) is 6.89. The van der Waals surface area contributed by atoms with Gasteiger partial charge in [-0.25, -0.2) is 0 Å². The molecule has 0 aliphatic carbocycles. The fraction of sp³-hybridized carbons (Fsp3) is 0.333. The Hall–Kier alpha value is 0.300. The molecule has 70 valence electrons. The number of thioether (sulfide) groups is 1. The quantitative estimate of drug-likeness (QED) is 0.844. The van der Waals surface area contributed by atoms with E-state index >= 15 is 0 Å². The Morgan fingerprint density at radius 2 is 2.38 bits per heavy atom. The lowest BCUT2D eigenvalue weighted by Crippen LogP contribution is -2.11. The lowest BCUT2D eigenvalue weighted by atomic mass is 10.2.